The number of likely N-dealkylation sites (N-methyl/N-ethyl adjacent to an activating group) is 1. The second-order valence-electron chi connectivity index (χ2n) is 7.43. The van der Waals surface area contributed by atoms with Gasteiger partial charge in [-0.15, -0.1) is 4.40 Å². The number of benzene rings is 2. The zero-order chi connectivity index (χ0) is 21.3. The van der Waals surface area contributed by atoms with Crippen molar-refractivity contribution >= 4 is 27.5 Å². The van der Waals surface area contributed by atoms with E-state index < -0.39 is 10.2 Å². The van der Waals surface area contributed by atoms with Crippen LogP contribution in [-0.2, 0) is 15.0 Å². The summed E-state index contributed by atoms with van der Waals surface area (Å²) < 4.78 is 30.0. The smallest absolute Gasteiger partial charge is 0.345 e. The Labute approximate surface area is 177 Å². The number of nitrogens with zero attached hydrogens (tertiary/aromatic N) is 4. The summed E-state index contributed by atoms with van der Waals surface area (Å²) in [7, 11) is -2.59. The fourth-order valence-corrected chi connectivity index (χ4v) is 4.49. The van der Waals surface area contributed by atoms with Crippen molar-refractivity contribution in [2.24, 2.45) is 4.40 Å². The molecule has 0 aromatic heterocycles. The maximum absolute atomic E-state index is 13.2. The van der Waals surface area contributed by atoms with Crippen LogP contribution in [0.1, 0.15) is 11.1 Å². The summed E-state index contributed by atoms with van der Waals surface area (Å²) in [6.45, 7) is 4.39. The third kappa shape index (κ3) is 3.95. The van der Waals surface area contributed by atoms with Crippen LogP contribution in [0.2, 0.25) is 0 Å². The summed E-state index contributed by atoms with van der Waals surface area (Å²) in [5, 5.41) is 0. The second-order valence-corrected chi connectivity index (χ2v) is 9.06. The number of carbonyl (C=O) groups is 1. The average Bonchev–Trinajstić information content (AvgIpc) is 2.76. The molecule has 30 heavy (non-hydrogen) atoms. The fourth-order valence-electron chi connectivity index (χ4n) is 3.58. The molecule has 1 saturated heterocycles. The number of allylic oxidation sites excluding steroid dienone is 1. The van der Waals surface area contributed by atoms with E-state index in [1.807, 2.05) is 61.5 Å². The Bertz CT molecular complexity index is 1100. The normalized spacial score (nSPS) is 18.7. The number of hydrogen-bond donors (Lipinski definition) is 0. The Morgan fingerprint density at radius 2 is 1.57 bits per heavy atom. The van der Waals surface area contributed by atoms with E-state index in [1.54, 1.807) is 11.0 Å². The summed E-state index contributed by atoms with van der Waals surface area (Å²) in [6, 6.07) is 17.5. The highest BCUT2D eigenvalue weighted by molar-refractivity contribution is 7.88. The molecular weight excluding hydrogens is 400 g/mol. The first kappa shape index (κ1) is 20.2. The SMILES string of the molecule is Cc1ccc(C2=NS(=O)(=O)N(C)C(C(=O)N3CCN(c4ccccc4)CC3)=C2)cc1. The number of aryl methyl sites for hydroxylation is 1. The molecule has 2 aromatic rings. The van der Waals surface area contributed by atoms with Crippen LogP contribution in [0.4, 0.5) is 5.69 Å². The fraction of sp³-hybridized carbons (Fsp3) is 0.273. The number of hydrogen-bond acceptors (Lipinski definition) is 4. The van der Waals surface area contributed by atoms with Crippen molar-refractivity contribution in [3.63, 3.8) is 0 Å². The number of piperazine rings is 1. The third-order valence-electron chi connectivity index (χ3n) is 5.43. The highest BCUT2D eigenvalue weighted by Gasteiger charge is 2.33. The van der Waals surface area contributed by atoms with Gasteiger partial charge in [-0.3, -0.25) is 4.79 Å². The molecule has 4 rings (SSSR count). The van der Waals surface area contributed by atoms with Crippen molar-refractivity contribution in [1.29, 1.82) is 0 Å². The minimum absolute atomic E-state index is 0.119. The van der Waals surface area contributed by atoms with Gasteiger partial charge >= 0.3 is 10.2 Å². The molecule has 2 aliphatic rings. The highest BCUT2D eigenvalue weighted by atomic mass is 32.2. The van der Waals surface area contributed by atoms with E-state index in [1.165, 1.54) is 7.05 Å². The van der Waals surface area contributed by atoms with Gasteiger partial charge in [0.1, 0.15) is 5.70 Å². The summed E-state index contributed by atoms with van der Waals surface area (Å²) in [6.07, 6.45) is 1.57. The number of rotatable bonds is 3. The average molecular weight is 425 g/mol. The minimum Gasteiger partial charge on any atom is -0.368 e. The maximum atomic E-state index is 13.2. The molecule has 0 aliphatic carbocycles. The molecule has 1 fully saturated rings. The number of para-hydroxylation sites is 1. The number of carbonyl (C=O) groups excluding carboxylic acids is 1. The Balaban J connectivity index is 1.55. The molecular formula is C22H24N4O3S. The second kappa shape index (κ2) is 7.95. The van der Waals surface area contributed by atoms with Crippen molar-refractivity contribution < 1.29 is 13.2 Å². The van der Waals surface area contributed by atoms with Gasteiger partial charge in [0, 0.05) is 44.5 Å². The largest absolute Gasteiger partial charge is 0.368 e. The molecule has 0 radical (unpaired) electrons. The van der Waals surface area contributed by atoms with Crippen LogP contribution in [0.15, 0.2) is 70.8 Å². The molecule has 0 N–H and O–H groups in total. The van der Waals surface area contributed by atoms with Gasteiger partial charge in [-0.1, -0.05) is 48.0 Å². The number of anilines is 1. The van der Waals surface area contributed by atoms with Crippen molar-refractivity contribution in [3.05, 3.63) is 77.5 Å². The lowest BCUT2D eigenvalue weighted by molar-refractivity contribution is -0.128. The van der Waals surface area contributed by atoms with Crippen LogP contribution < -0.4 is 4.90 Å². The van der Waals surface area contributed by atoms with Gasteiger partial charge in [-0.25, -0.2) is 4.31 Å². The molecule has 0 saturated carbocycles. The third-order valence-corrected chi connectivity index (χ3v) is 6.74. The van der Waals surface area contributed by atoms with Gasteiger partial charge in [0.15, 0.2) is 0 Å². The molecule has 7 nitrogen and oxygen atoms in total. The quantitative estimate of drug-likeness (QED) is 0.757. The Kier molecular flexibility index (Phi) is 5.34. The molecule has 2 heterocycles. The predicted octanol–water partition coefficient (Wildman–Crippen LogP) is 2.21. The molecule has 8 heteroatoms. The lowest BCUT2D eigenvalue weighted by Crippen LogP contribution is -2.51. The van der Waals surface area contributed by atoms with E-state index in [0.29, 0.717) is 31.7 Å². The van der Waals surface area contributed by atoms with E-state index in [9.17, 15) is 13.2 Å². The van der Waals surface area contributed by atoms with Crippen LogP contribution in [0.5, 0.6) is 0 Å². The molecule has 156 valence electrons. The first-order valence-electron chi connectivity index (χ1n) is 9.82. The van der Waals surface area contributed by atoms with Crippen LogP contribution in [0.25, 0.3) is 0 Å². The maximum Gasteiger partial charge on any atom is 0.345 e. The lowest BCUT2D eigenvalue weighted by Gasteiger charge is -2.37. The molecule has 0 spiro atoms. The molecule has 0 atom stereocenters. The molecule has 0 bridgehead atoms. The van der Waals surface area contributed by atoms with Gasteiger partial charge in [-0.05, 0) is 25.1 Å². The van der Waals surface area contributed by atoms with Crippen molar-refractivity contribution in [3.8, 4) is 0 Å². The van der Waals surface area contributed by atoms with Gasteiger partial charge in [0.25, 0.3) is 5.91 Å². The molecule has 0 unspecified atom stereocenters. The first-order chi connectivity index (χ1) is 14.3. The van der Waals surface area contributed by atoms with Crippen LogP contribution in [0.3, 0.4) is 0 Å². The van der Waals surface area contributed by atoms with Gasteiger partial charge < -0.3 is 9.80 Å². The van der Waals surface area contributed by atoms with Crippen molar-refractivity contribution in [2.45, 2.75) is 6.92 Å². The van der Waals surface area contributed by atoms with Crippen LogP contribution in [-0.4, -0.2) is 62.5 Å². The zero-order valence-corrected chi connectivity index (χ0v) is 17.8. The van der Waals surface area contributed by atoms with Gasteiger partial charge in [0.2, 0.25) is 0 Å². The summed E-state index contributed by atoms with van der Waals surface area (Å²) in [4.78, 5) is 17.1. The summed E-state index contributed by atoms with van der Waals surface area (Å²) in [5.41, 5.74) is 3.24. The summed E-state index contributed by atoms with van der Waals surface area (Å²) >= 11 is 0. The standard InChI is InChI=1S/C22H24N4O3S/c1-17-8-10-18(11-9-17)20-16-21(24(2)30(28,29)23-20)22(27)26-14-12-25(13-15-26)19-6-4-3-5-7-19/h3-11,16H,12-15H2,1-2H3. The Morgan fingerprint density at radius 3 is 2.20 bits per heavy atom. The first-order valence-corrected chi connectivity index (χ1v) is 11.2. The van der Waals surface area contributed by atoms with Crippen molar-refractivity contribution in [1.82, 2.24) is 9.21 Å². The van der Waals surface area contributed by atoms with E-state index in [4.69, 9.17) is 0 Å². The zero-order valence-electron chi connectivity index (χ0n) is 17.0. The predicted molar refractivity (Wildman–Crippen MR) is 118 cm³/mol. The topological polar surface area (TPSA) is 73.3 Å². The van der Waals surface area contributed by atoms with Crippen LogP contribution in [0, 0.1) is 6.92 Å². The number of amides is 1. The Morgan fingerprint density at radius 1 is 0.933 bits per heavy atom. The molecule has 1 amide bonds. The van der Waals surface area contributed by atoms with E-state index >= 15 is 0 Å². The molecule has 2 aromatic carbocycles. The van der Waals surface area contributed by atoms with E-state index in [-0.39, 0.29) is 17.3 Å². The monoisotopic (exact) mass is 424 g/mol. The minimum atomic E-state index is -3.96. The van der Waals surface area contributed by atoms with Crippen molar-refractivity contribution in [2.75, 3.05) is 38.1 Å². The van der Waals surface area contributed by atoms with E-state index in [0.717, 1.165) is 15.6 Å². The summed E-state index contributed by atoms with van der Waals surface area (Å²) in [5.74, 6) is -0.298. The van der Waals surface area contributed by atoms with Gasteiger partial charge in [0.05, 0.1) is 5.71 Å². The molecule has 2 aliphatic heterocycles. The lowest BCUT2D eigenvalue weighted by atomic mass is 10.1. The van der Waals surface area contributed by atoms with Crippen LogP contribution >= 0.6 is 0 Å². The van der Waals surface area contributed by atoms with E-state index in [2.05, 4.69) is 9.30 Å². The highest BCUT2D eigenvalue weighted by Crippen LogP contribution is 2.23. The van der Waals surface area contributed by atoms with Gasteiger partial charge in [-0.2, -0.15) is 8.42 Å². The Hall–Kier alpha value is -3.13.